The van der Waals surface area contributed by atoms with E-state index in [-0.39, 0.29) is 11.6 Å². The van der Waals surface area contributed by atoms with Gasteiger partial charge in [0.15, 0.2) is 11.6 Å². The van der Waals surface area contributed by atoms with Gasteiger partial charge in [-0.05, 0) is 54.6 Å². The number of hydrogen-bond donors (Lipinski definition) is 0. The van der Waals surface area contributed by atoms with Crippen LogP contribution in [-0.4, -0.2) is 31.3 Å². The van der Waals surface area contributed by atoms with Gasteiger partial charge < -0.3 is 8.85 Å². The molecule has 100 valence electrons. The largest absolute Gasteiger partial charge is 0.382 e. The fourth-order valence-corrected chi connectivity index (χ4v) is 4.18. The van der Waals surface area contributed by atoms with Crippen molar-refractivity contribution in [3.05, 3.63) is 0 Å². The molecule has 0 heterocycles. The van der Waals surface area contributed by atoms with Crippen molar-refractivity contribution >= 4 is 20.1 Å². The lowest BCUT2D eigenvalue weighted by Crippen LogP contribution is -2.52. The van der Waals surface area contributed by atoms with Crippen LogP contribution in [0.25, 0.3) is 0 Å². The highest BCUT2D eigenvalue weighted by Crippen LogP contribution is 2.24. The molecule has 0 aliphatic carbocycles. The number of hydrogen-bond acceptors (Lipinski definition) is 4. The van der Waals surface area contributed by atoms with E-state index in [1.165, 1.54) is 13.8 Å². The van der Waals surface area contributed by atoms with Crippen molar-refractivity contribution < 1.29 is 18.4 Å². The van der Waals surface area contributed by atoms with Crippen molar-refractivity contribution in [3.63, 3.8) is 0 Å². The van der Waals surface area contributed by atoms with Crippen LogP contribution >= 0.6 is 0 Å². The predicted molar refractivity (Wildman–Crippen MR) is 69.2 cm³/mol. The molecule has 0 aliphatic rings. The van der Waals surface area contributed by atoms with Crippen molar-refractivity contribution in [3.8, 4) is 0 Å². The van der Waals surface area contributed by atoms with Gasteiger partial charge in [-0.25, -0.2) is 0 Å². The summed E-state index contributed by atoms with van der Waals surface area (Å²) in [6.07, 6.45) is 0. The summed E-state index contributed by atoms with van der Waals surface area (Å²) in [6, 6.07) is 0. The fourth-order valence-electron chi connectivity index (χ4n) is 1.39. The van der Waals surface area contributed by atoms with Crippen LogP contribution in [0, 0.1) is 0 Å². The SMILES string of the molecule is CC(=O)C(C)(C)O[Si](C)(C)OC(C)(C)C(C)=O. The van der Waals surface area contributed by atoms with Crippen molar-refractivity contribution in [1.29, 1.82) is 0 Å². The van der Waals surface area contributed by atoms with E-state index >= 15 is 0 Å². The first-order chi connectivity index (χ1) is 7.30. The van der Waals surface area contributed by atoms with Crippen LogP contribution in [0.4, 0.5) is 0 Å². The molecule has 0 saturated carbocycles. The Morgan fingerprint density at radius 3 is 1.24 bits per heavy atom. The van der Waals surface area contributed by atoms with Crippen LogP contribution in [-0.2, 0) is 18.4 Å². The maximum Gasteiger partial charge on any atom is 0.333 e. The molecule has 0 aromatic carbocycles. The van der Waals surface area contributed by atoms with Gasteiger partial charge in [-0.1, -0.05) is 0 Å². The topological polar surface area (TPSA) is 52.6 Å². The van der Waals surface area contributed by atoms with Gasteiger partial charge >= 0.3 is 8.56 Å². The van der Waals surface area contributed by atoms with Crippen LogP contribution in [0.1, 0.15) is 41.5 Å². The second kappa shape index (κ2) is 5.00. The van der Waals surface area contributed by atoms with Crippen LogP contribution in [0.3, 0.4) is 0 Å². The summed E-state index contributed by atoms with van der Waals surface area (Å²) in [5.41, 5.74) is -1.74. The number of carbonyl (C=O) groups excluding carboxylic acids is 2. The minimum Gasteiger partial charge on any atom is -0.382 e. The summed E-state index contributed by atoms with van der Waals surface area (Å²) < 4.78 is 11.6. The Morgan fingerprint density at radius 1 is 0.824 bits per heavy atom. The first-order valence-corrected chi connectivity index (χ1v) is 8.54. The maximum atomic E-state index is 11.4. The van der Waals surface area contributed by atoms with E-state index in [1.54, 1.807) is 27.7 Å². The highest BCUT2D eigenvalue weighted by molar-refractivity contribution is 6.65. The fraction of sp³-hybridized carbons (Fsp3) is 0.833. The lowest BCUT2D eigenvalue weighted by molar-refractivity contribution is -0.136. The molecule has 0 saturated heterocycles. The summed E-state index contributed by atoms with van der Waals surface area (Å²) >= 11 is 0. The molecule has 17 heavy (non-hydrogen) atoms. The Hall–Kier alpha value is -0.523. The molecule has 0 bridgehead atoms. The third-order valence-corrected chi connectivity index (χ3v) is 4.70. The second-order valence-electron chi connectivity index (χ2n) is 5.74. The zero-order valence-electron chi connectivity index (χ0n) is 12.1. The molecule has 0 rings (SSSR count). The Balaban J connectivity index is 4.82. The maximum absolute atomic E-state index is 11.4. The molecule has 0 unspecified atom stereocenters. The normalized spacial score (nSPS) is 13.6. The van der Waals surface area contributed by atoms with Crippen molar-refractivity contribution in [1.82, 2.24) is 0 Å². The number of rotatable bonds is 6. The number of ketones is 2. The first-order valence-electron chi connectivity index (χ1n) is 5.72. The summed E-state index contributed by atoms with van der Waals surface area (Å²) in [4.78, 5) is 22.8. The van der Waals surface area contributed by atoms with Gasteiger partial charge in [-0.15, -0.1) is 0 Å². The van der Waals surface area contributed by atoms with Gasteiger partial charge in [0, 0.05) is 0 Å². The standard InChI is InChI=1S/C12H24O4Si/c1-9(13)11(3,4)15-17(7,8)16-12(5,6)10(2)14/h1-8H3. The Morgan fingerprint density at radius 2 is 1.06 bits per heavy atom. The molecule has 0 N–H and O–H groups in total. The molecule has 5 heteroatoms. The monoisotopic (exact) mass is 260 g/mol. The van der Waals surface area contributed by atoms with Crippen LogP contribution in [0.5, 0.6) is 0 Å². The quantitative estimate of drug-likeness (QED) is 0.688. The van der Waals surface area contributed by atoms with Crippen molar-refractivity contribution in [2.24, 2.45) is 0 Å². The molecule has 0 spiro atoms. The predicted octanol–water partition coefficient (Wildman–Crippen LogP) is 2.46. The summed E-state index contributed by atoms with van der Waals surface area (Å²) in [5.74, 6) is -0.107. The molecule has 0 aromatic rings. The highest BCUT2D eigenvalue weighted by Gasteiger charge is 2.41. The van der Waals surface area contributed by atoms with E-state index < -0.39 is 19.8 Å². The molecule has 0 atom stereocenters. The van der Waals surface area contributed by atoms with E-state index in [1.807, 2.05) is 13.1 Å². The minimum absolute atomic E-state index is 0.0534. The smallest absolute Gasteiger partial charge is 0.333 e. The zero-order chi connectivity index (χ0) is 14.1. The number of carbonyl (C=O) groups is 2. The highest BCUT2D eigenvalue weighted by atomic mass is 28.4. The van der Waals surface area contributed by atoms with E-state index in [4.69, 9.17) is 8.85 Å². The summed E-state index contributed by atoms with van der Waals surface area (Å²) in [7, 11) is -2.54. The third-order valence-electron chi connectivity index (χ3n) is 2.70. The summed E-state index contributed by atoms with van der Waals surface area (Å²) in [6.45, 7) is 13.5. The van der Waals surface area contributed by atoms with E-state index in [2.05, 4.69) is 0 Å². The molecule has 0 radical (unpaired) electrons. The Kier molecular flexibility index (Phi) is 4.84. The lowest BCUT2D eigenvalue weighted by Gasteiger charge is -2.37. The molecule has 0 fully saturated rings. The first kappa shape index (κ1) is 16.5. The molecular formula is C12H24O4Si. The summed E-state index contributed by atoms with van der Waals surface area (Å²) in [5, 5.41) is 0. The lowest BCUT2D eigenvalue weighted by atomic mass is 10.1. The van der Waals surface area contributed by atoms with Crippen LogP contribution < -0.4 is 0 Å². The minimum atomic E-state index is -2.54. The zero-order valence-corrected chi connectivity index (χ0v) is 13.1. The van der Waals surface area contributed by atoms with Gasteiger partial charge in [0.2, 0.25) is 0 Å². The van der Waals surface area contributed by atoms with Crippen molar-refractivity contribution in [2.45, 2.75) is 65.8 Å². The average Bonchev–Trinajstić information content (AvgIpc) is 1.98. The van der Waals surface area contributed by atoms with Crippen LogP contribution in [0.15, 0.2) is 0 Å². The van der Waals surface area contributed by atoms with Crippen molar-refractivity contribution in [2.75, 3.05) is 0 Å². The van der Waals surface area contributed by atoms with E-state index in [0.29, 0.717) is 0 Å². The molecular weight excluding hydrogens is 236 g/mol. The average molecular weight is 260 g/mol. The molecule has 0 aromatic heterocycles. The molecule has 0 aliphatic heterocycles. The molecule has 0 amide bonds. The van der Waals surface area contributed by atoms with Gasteiger partial charge in [-0.3, -0.25) is 9.59 Å². The van der Waals surface area contributed by atoms with Gasteiger partial charge in [0.1, 0.15) is 11.2 Å². The Labute approximate surface area is 105 Å². The van der Waals surface area contributed by atoms with E-state index in [0.717, 1.165) is 0 Å². The van der Waals surface area contributed by atoms with Gasteiger partial charge in [-0.2, -0.15) is 0 Å². The van der Waals surface area contributed by atoms with E-state index in [9.17, 15) is 9.59 Å². The van der Waals surface area contributed by atoms with Crippen LogP contribution in [0.2, 0.25) is 13.1 Å². The third kappa shape index (κ3) is 5.10. The number of Topliss-reactive ketones (excluding diaryl/α,β-unsaturated/α-hetero) is 2. The second-order valence-corrected chi connectivity index (χ2v) is 8.94. The van der Waals surface area contributed by atoms with Gasteiger partial charge in [0.05, 0.1) is 0 Å². The van der Waals surface area contributed by atoms with Gasteiger partial charge in [0.25, 0.3) is 0 Å². The Bertz CT molecular complexity index is 288. The molecule has 4 nitrogen and oxygen atoms in total.